The molecule has 0 spiro atoms. The molecule has 1 aromatic heterocycles. The van der Waals surface area contributed by atoms with E-state index in [2.05, 4.69) is 44.9 Å². The molecule has 1 saturated heterocycles. The van der Waals surface area contributed by atoms with Gasteiger partial charge >= 0.3 is 6.03 Å². The number of imidazole rings is 1. The molecule has 2 aromatic carbocycles. The molecule has 1 aliphatic heterocycles. The third kappa shape index (κ3) is 3.86. The molecule has 26 heavy (non-hydrogen) atoms. The Morgan fingerprint density at radius 2 is 1.77 bits per heavy atom. The number of amides is 2. The van der Waals surface area contributed by atoms with Crippen LogP contribution in [0.3, 0.4) is 0 Å². The molecular formula is C20H23N5O. The molecular weight excluding hydrogens is 326 g/mol. The van der Waals surface area contributed by atoms with E-state index in [1.807, 2.05) is 30.3 Å². The summed E-state index contributed by atoms with van der Waals surface area (Å²) in [7, 11) is 0. The lowest BCUT2D eigenvalue weighted by Crippen LogP contribution is -2.46. The van der Waals surface area contributed by atoms with E-state index in [4.69, 9.17) is 0 Å². The summed E-state index contributed by atoms with van der Waals surface area (Å²) in [6, 6.07) is 18.3. The number of rotatable bonds is 4. The van der Waals surface area contributed by atoms with Gasteiger partial charge in [0.15, 0.2) is 0 Å². The van der Waals surface area contributed by atoms with Gasteiger partial charge in [-0.3, -0.25) is 4.90 Å². The van der Waals surface area contributed by atoms with Gasteiger partial charge < -0.3 is 5.32 Å². The van der Waals surface area contributed by atoms with Crippen molar-refractivity contribution >= 4 is 17.1 Å². The van der Waals surface area contributed by atoms with Crippen molar-refractivity contribution in [3.8, 4) is 0 Å². The predicted octanol–water partition coefficient (Wildman–Crippen LogP) is 2.95. The molecule has 0 atom stereocenters. The van der Waals surface area contributed by atoms with Gasteiger partial charge in [0.05, 0.1) is 11.0 Å². The maximum Gasteiger partial charge on any atom is 0.334 e. The fourth-order valence-electron chi connectivity index (χ4n) is 3.45. The fraction of sp³-hybridized carbons (Fsp3) is 0.300. The normalized spacial score (nSPS) is 15.8. The molecule has 134 valence electrons. The lowest BCUT2D eigenvalue weighted by atomic mass is 10.0. The first kappa shape index (κ1) is 16.6. The molecule has 0 unspecified atom stereocenters. The van der Waals surface area contributed by atoms with E-state index < -0.39 is 0 Å². The van der Waals surface area contributed by atoms with Crippen molar-refractivity contribution in [1.82, 2.24) is 19.9 Å². The number of para-hydroxylation sites is 2. The van der Waals surface area contributed by atoms with Crippen LogP contribution in [0, 0.1) is 0 Å². The molecule has 2 heterocycles. The Morgan fingerprint density at radius 3 is 2.58 bits per heavy atom. The number of likely N-dealkylation sites (tertiary alicyclic amines) is 1. The maximum atomic E-state index is 12.3. The zero-order valence-corrected chi connectivity index (χ0v) is 14.6. The summed E-state index contributed by atoms with van der Waals surface area (Å²) in [4.78, 5) is 19.0. The fourth-order valence-corrected chi connectivity index (χ4v) is 3.45. The first-order chi connectivity index (χ1) is 12.8. The van der Waals surface area contributed by atoms with Crippen LogP contribution in [0.25, 0.3) is 11.0 Å². The van der Waals surface area contributed by atoms with Crippen molar-refractivity contribution in [2.75, 3.05) is 18.5 Å². The maximum absolute atomic E-state index is 12.3. The molecule has 6 heteroatoms. The summed E-state index contributed by atoms with van der Waals surface area (Å²) in [6.07, 6.45) is 3.56. The Kier molecular flexibility index (Phi) is 4.84. The van der Waals surface area contributed by atoms with E-state index >= 15 is 0 Å². The Bertz CT molecular complexity index is 868. The average Bonchev–Trinajstić information content (AvgIpc) is 3.07. The largest absolute Gasteiger partial charge is 0.334 e. The van der Waals surface area contributed by atoms with Crippen molar-refractivity contribution in [3.05, 3.63) is 66.5 Å². The third-order valence-electron chi connectivity index (χ3n) is 4.85. The topological polar surface area (TPSA) is 62.2 Å². The van der Waals surface area contributed by atoms with Gasteiger partial charge in [-0.2, -0.15) is 0 Å². The highest BCUT2D eigenvalue weighted by Crippen LogP contribution is 2.14. The number of benzene rings is 2. The summed E-state index contributed by atoms with van der Waals surface area (Å²) in [5, 5.41) is 3.08. The van der Waals surface area contributed by atoms with Crippen LogP contribution in [0.4, 0.5) is 4.79 Å². The summed E-state index contributed by atoms with van der Waals surface area (Å²) in [6.45, 7) is 2.96. The van der Waals surface area contributed by atoms with Crippen molar-refractivity contribution in [2.45, 2.75) is 25.4 Å². The molecule has 1 aliphatic rings. The highest BCUT2D eigenvalue weighted by atomic mass is 16.2. The second-order valence-corrected chi connectivity index (χ2v) is 6.72. The third-order valence-corrected chi connectivity index (χ3v) is 4.85. The van der Waals surface area contributed by atoms with Crippen LogP contribution >= 0.6 is 0 Å². The first-order valence-corrected chi connectivity index (χ1v) is 9.04. The van der Waals surface area contributed by atoms with E-state index in [9.17, 15) is 4.79 Å². The van der Waals surface area contributed by atoms with E-state index in [1.165, 1.54) is 5.56 Å². The van der Waals surface area contributed by atoms with Crippen molar-refractivity contribution in [2.24, 2.45) is 0 Å². The molecule has 6 nitrogen and oxygen atoms in total. The summed E-state index contributed by atoms with van der Waals surface area (Å²) < 4.78 is 1.66. The van der Waals surface area contributed by atoms with Gasteiger partial charge in [-0.15, -0.1) is 0 Å². The van der Waals surface area contributed by atoms with Gasteiger partial charge in [0, 0.05) is 25.7 Å². The van der Waals surface area contributed by atoms with Gasteiger partial charge in [0.1, 0.15) is 6.33 Å². The SMILES string of the molecule is O=C(NC1CCN(Cc2ccccc2)CC1)Nn1cnc2ccccc21. The summed E-state index contributed by atoms with van der Waals surface area (Å²) in [5.41, 5.74) is 5.94. The van der Waals surface area contributed by atoms with Gasteiger partial charge in [-0.25, -0.2) is 19.9 Å². The second kappa shape index (κ2) is 7.58. The molecule has 0 bridgehead atoms. The van der Waals surface area contributed by atoms with Gasteiger partial charge in [0.2, 0.25) is 0 Å². The van der Waals surface area contributed by atoms with Gasteiger partial charge in [0.25, 0.3) is 0 Å². The van der Waals surface area contributed by atoms with Gasteiger partial charge in [-0.05, 0) is 30.5 Å². The Morgan fingerprint density at radius 1 is 1.04 bits per heavy atom. The highest BCUT2D eigenvalue weighted by molar-refractivity contribution is 5.85. The average molecular weight is 349 g/mol. The molecule has 4 rings (SSSR count). The van der Waals surface area contributed by atoms with Crippen molar-refractivity contribution < 1.29 is 4.79 Å². The monoisotopic (exact) mass is 349 g/mol. The van der Waals surface area contributed by atoms with Crippen LogP contribution in [0.5, 0.6) is 0 Å². The van der Waals surface area contributed by atoms with Crippen LogP contribution in [-0.4, -0.2) is 39.7 Å². The Hall–Kier alpha value is -2.86. The Labute approximate surface area is 152 Å². The number of carbonyl (C=O) groups excluding carboxylic acids is 1. The first-order valence-electron chi connectivity index (χ1n) is 9.04. The van der Waals surface area contributed by atoms with Crippen LogP contribution in [0.2, 0.25) is 0 Å². The molecule has 0 aliphatic carbocycles. The number of nitrogens with zero attached hydrogens (tertiary/aromatic N) is 3. The quantitative estimate of drug-likeness (QED) is 0.761. The number of piperidine rings is 1. The molecule has 0 radical (unpaired) electrons. The minimum atomic E-state index is -0.185. The zero-order chi connectivity index (χ0) is 17.8. The van der Waals surface area contributed by atoms with Crippen LogP contribution < -0.4 is 10.7 Å². The van der Waals surface area contributed by atoms with E-state index in [0.717, 1.165) is 43.5 Å². The number of hydrogen-bond donors (Lipinski definition) is 2. The molecule has 3 aromatic rings. The van der Waals surface area contributed by atoms with Crippen LogP contribution in [0.15, 0.2) is 60.9 Å². The van der Waals surface area contributed by atoms with Crippen molar-refractivity contribution in [3.63, 3.8) is 0 Å². The number of fused-ring (bicyclic) bond motifs is 1. The van der Waals surface area contributed by atoms with E-state index in [1.54, 1.807) is 11.0 Å². The minimum absolute atomic E-state index is 0.185. The predicted molar refractivity (Wildman–Crippen MR) is 102 cm³/mol. The smallest absolute Gasteiger partial charge is 0.334 e. The molecule has 2 amide bonds. The molecule has 1 fully saturated rings. The summed E-state index contributed by atoms with van der Waals surface area (Å²) in [5.74, 6) is 0. The van der Waals surface area contributed by atoms with Gasteiger partial charge in [-0.1, -0.05) is 42.5 Å². The van der Waals surface area contributed by atoms with E-state index in [-0.39, 0.29) is 12.1 Å². The Balaban J connectivity index is 1.27. The molecule has 2 N–H and O–H groups in total. The zero-order valence-electron chi connectivity index (χ0n) is 14.6. The molecule has 0 saturated carbocycles. The summed E-state index contributed by atoms with van der Waals surface area (Å²) >= 11 is 0. The second-order valence-electron chi connectivity index (χ2n) is 6.72. The number of nitrogens with one attached hydrogen (secondary N) is 2. The van der Waals surface area contributed by atoms with Crippen molar-refractivity contribution in [1.29, 1.82) is 0 Å². The number of urea groups is 1. The lowest BCUT2D eigenvalue weighted by molar-refractivity contribution is 0.189. The number of aromatic nitrogens is 2. The lowest BCUT2D eigenvalue weighted by Gasteiger charge is -2.32. The van der Waals surface area contributed by atoms with Crippen LogP contribution in [0.1, 0.15) is 18.4 Å². The number of hydrogen-bond acceptors (Lipinski definition) is 3. The standard InChI is InChI=1S/C20H23N5O/c26-20(23-25-15-21-18-8-4-5-9-19(18)25)22-17-10-12-24(13-11-17)14-16-6-2-1-3-7-16/h1-9,15,17H,10-14H2,(H2,22,23,26). The van der Waals surface area contributed by atoms with Crippen LogP contribution in [-0.2, 0) is 6.54 Å². The minimum Gasteiger partial charge on any atom is -0.334 e. The highest BCUT2D eigenvalue weighted by Gasteiger charge is 2.21. The number of carbonyl (C=O) groups is 1. The van der Waals surface area contributed by atoms with E-state index in [0.29, 0.717) is 0 Å².